The van der Waals surface area contributed by atoms with Gasteiger partial charge in [0.15, 0.2) is 0 Å². The van der Waals surface area contributed by atoms with E-state index in [1.165, 1.54) is 10.5 Å². The number of H-pyrrole nitrogens is 1. The molecule has 2 aromatic rings. The molecule has 2 aromatic heterocycles. The number of hydrogen-bond acceptors (Lipinski definition) is 4. The minimum Gasteiger partial charge on any atom is -0.282 e. The number of piperidine rings is 1. The monoisotopic (exact) mass is 292 g/mol. The molecule has 20 heavy (non-hydrogen) atoms. The molecule has 7 heteroatoms. The number of hydrogen-bond donors (Lipinski definition) is 1. The lowest BCUT2D eigenvalue weighted by Crippen LogP contribution is -2.38. The van der Waals surface area contributed by atoms with Crippen molar-refractivity contribution in [3.8, 4) is 0 Å². The van der Waals surface area contributed by atoms with E-state index in [1.54, 1.807) is 24.5 Å². The van der Waals surface area contributed by atoms with Crippen LogP contribution < -0.4 is 0 Å². The minimum absolute atomic E-state index is 0.264. The fourth-order valence-electron chi connectivity index (χ4n) is 2.55. The summed E-state index contributed by atoms with van der Waals surface area (Å²) >= 11 is 0. The van der Waals surface area contributed by atoms with Gasteiger partial charge in [-0.3, -0.25) is 10.1 Å². The summed E-state index contributed by atoms with van der Waals surface area (Å²) in [5.41, 5.74) is 1.09. The average Bonchev–Trinajstić information content (AvgIpc) is 3.02. The van der Waals surface area contributed by atoms with Crippen LogP contribution in [0.5, 0.6) is 0 Å². The smallest absolute Gasteiger partial charge is 0.244 e. The van der Waals surface area contributed by atoms with Gasteiger partial charge in [0.1, 0.15) is 4.90 Å². The Balaban J connectivity index is 1.72. The Labute approximate surface area is 117 Å². The second kappa shape index (κ2) is 5.34. The molecule has 1 N–H and O–H groups in total. The summed E-state index contributed by atoms with van der Waals surface area (Å²) in [6, 6.07) is 5.18. The Morgan fingerprint density at radius 1 is 1.20 bits per heavy atom. The maximum absolute atomic E-state index is 12.4. The van der Waals surface area contributed by atoms with E-state index in [1.807, 2.05) is 6.07 Å². The molecule has 1 aliphatic heterocycles. The van der Waals surface area contributed by atoms with Crippen LogP contribution in [-0.2, 0) is 10.0 Å². The molecule has 6 nitrogen and oxygen atoms in total. The summed E-state index contributed by atoms with van der Waals surface area (Å²) in [7, 11) is -3.41. The van der Waals surface area contributed by atoms with E-state index in [0.717, 1.165) is 18.5 Å². The highest BCUT2D eigenvalue weighted by Gasteiger charge is 2.30. The number of aromatic nitrogens is 3. The number of pyridine rings is 1. The summed E-state index contributed by atoms with van der Waals surface area (Å²) in [6.07, 6.45) is 6.32. The summed E-state index contributed by atoms with van der Waals surface area (Å²) in [5, 5.41) is 6.91. The van der Waals surface area contributed by atoms with Gasteiger partial charge >= 0.3 is 0 Å². The van der Waals surface area contributed by atoms with E-state index in [0.29, 0.717) is 19.0 Å². The second-order valence-corrected chi connectivity index (χ2v) is 6.82. The zero-order valence-electron chi connectivity index (χ0n) is 10.9. The number of rotatable bonds is 3. The molecule has 0 atom stereocenters. The highest BCUT2D eigenvalue weighted by Crippen LogP contribution is 2.29. The van der Waals surface area contributed by atoms with Gasteiger partial charge in [-0.15, -0.1) is 0 Å². The lowest BCUT2D eigenvalue weighted by molar-refractivity contribution is 0.316. The molecule has 0 bridgehead atoms. The summed E-state index contributed by atoms with van der Waals surface area (Å²) in [6.45, 7) is 1.06. The first-order valence-corrected chi connectivity index (χ1v) is 8.01. The molecule has 0 unspecified atom stereocenters. The molecule has 3 heterocycles. The molecular formula is C13H16N4O2S. The maximum atomic E-state index is 12.4. The van der Waals surface area contributed by atoms with Gasteiger partial charge in [-0.05, 0) is 31.0 Å². The molecule has 3 rings (SSSR count). The molecule has 0 aromatic carbocycles. The highest BCUT2D eigenvalue weighted by atomic mass is 32.2. The van der Waals surface area contributed by atoms with E-state index < -0.39 is 10.0 Å². The molecule has 0 amide bonds. The largest absolute Gasteiger partial charge is 0.282 e. The molecule has 0 spiro atoms. The number of aromatic amines is 1. The van der Waals surface area contributed by atoms with Crippen LogP contribution in [0.4, 0.5) is 0 Å². The molecule has 106 valence electrons. The summed E-state index contributed by atoms with van der Waals surface area (Å²) in [5.74, 6) is 0.359. The van der Waals surface area contributed by atoms with Gasteiger partial charge in [-0.2, -0.15) is 9.40 Å². The van der Waals surface area contributed by atoms with E-state index in [4.69, 9.17) is 0 Å². The Kier molecular flexibility index (Phi) is 3.54. The standard InChI is InChI=1S/C13H16N4O2S/c18-20(19,12-2-1-6-14-10-12)17-8-4-11(5-9-17)13-3-7-15-16-13/h1-3,6-7,10-11H,4-5,8-9H2,(H,15,16). The van der Waals surface area contributed by atoms with Crippen molar-refractivity contribution in [1.82, 2.24) is 19.5 Å². The van der Waals surface area contributed by atoms with Crippen LogP contribution in [0.25, 0.3) is 0 Å². The van der Waals surface area contributed by atoms with Gasteiger partial charge in [-0.25, -0.2) is 8.42 Å². The average molecular weight is 292 g/mol. The quantitative estimate of drug-likeness (QED) is 0.926. The lowest BCUT2D eigenvalue weighted by Gasteiger charge is -2.30. The Hall–Kier alpha value is -1.73. The van der Waals surface area contributed by atoms with Crippen molar-refractivity contribution < 1.29 is 8.42 Å². The summed E-state index contributed by atoms with van der Waals surface area (Å²) in [4.78, 5) is 4.15. The van der Waals surface area contributed by atoms with Crippen LogP contribution >= 0.6 is 0 Å². The van der Waals surface area contributed by atoms with Crippen molar-refractivity contribution in [1.29, 1.82) is 0 Å². The van der Waals surface area contributed by atoms with Crippen molar-refractivity contribution in [2.45, 2.75) is 23.7 Å². The van der Waals surface area contributed by atoms with Gasteiger partial charge in [0, 0.05) is 43.3 Å². The van der Waals surface area contributed by atoms with Gasteiger partial charge in [0.25, 0.3) is 0 Å². The van der Waals surface area contributed by atoms with Crippen molar-refractivity contribution in [3.05, 3.63) is 42.5 Å². The first kappa shape index (κ1) is 13.3. The fraction of sp³-hybridized carbons (Fsp3) is 0.385. The first-order chi connectivity index (χ1) is 9.68. The van der Waals surface area contributed by atoms with Crippen LogP contribution in [0.2, 0.25) is 0 Å². The number of nitrogens with zero attached hydrogens (tertiary/aromatic N) is 3. The SMILES string of the molecule is O=S(=O)(c1cccnc1)N1CCC(c2ccn[nH]2)CC1. The van der Waals surface area contributed by atoms with Crippen LogP contribution in [0, 0.1) is 0 Å². The molecule has 0 aliphatic carbocycles. The number of sulfonamides is 1. The molecule has 1 fully saturated rings. The van der Waals surface area contributed by atoms with E-state index in [2.05, 4.69) is 15.2 Å². The molecule has 1 saturated heterocycles. The molecular weight excluding hydrogens is 276 g/mol. The molecule has 0 radical (unpaired) electrons. The first-order valence-electron chi connectivity index (χ1n) is 6.57. The van der Waals surface area contributed by atoms with Gasteiger partial charge in [0.05, 0.1) is 0 Å². The van der Waals surface area contributed by atoms with E-state index in [-0.39, 0.29) is 4.90 Å². The lowest BCUT2D eigenvalue weighted by atomic mass is 9.95. The van der Waals surface area contributed by atoms with E-state index in [9.17, 15) is 8.42 Å². The van der Waals surface area contributed by atoms with Crippen LogP contribution in [0.1, 0.15) is 24.5 Å². The van der Waals surface area contributed by atoms with Crippen molar-refractivity contribution in [3.63, 3.8) is 0 Å². The Morgan fingerprint density at radius 3 is 2.60 bits per heavy atom. The van der Waals surface area contributed by atoms with Crippen LogP contribution in [0.3, 0.4) is 0 Å². The van der Waals surface area contributed by atoms with Crippen molar-refractivity contribution >= 4 is 10.0 Å². The third kappa shape index (κ3) is 2.46. The van der Waals surface area contributed by atoms with Crippen LogP contribution in [0.15, 0.2) is 41.7 Å². The molecule has 0 saturated carbocycles. The van der Waals surface area contributed by atoms with Gasteiger partial charge < -0.3 is 0 Å². The predicted molar refractivity (Wildman–Crippen MR) is 73.6 cm³/mol. The Bertz CT molecular complexity index is 647. The minimum atomic E-state index is -3.41. The van der Waals surface area contributed by atoms with Crippen LogP contribution in [-0.4, -0.2) is 41.0 Å². The van der Waals surface area contributed by atoms with E-state index >= 15 is 0 Å². The number of nitrogens with one attached hydrogen (secondary N) is 1. The third-order valence-electron chi connectivity index (χ3n) is 3.69. The highest BCUT2D eigenvalue weighted by molar-refractivity contribution is 7.89. The fourth-order valence-corrected chi connectivity index (χ4v) is 3.98. The van der Waals surface area contributed by atoms with Gasteiger partial charge in [0.2, 0.25) is 10.0 Å². The van der Waals surface area contributed by atoms with Crippen molar-refractivity contribution in [2.24, 2.45) is 0 Å². The van der Waals surface area contributed by atoms with Crippen molar-refractivity contribution in [2.75, 3.05) is 13.1 Å². The zero-order chi connectivity index (χ0) is 14.0. The van der Waals surface area contributed by atoms with Gasteiger partial charge in [-0.1, -0.05) is 0 Å². The predicted octanol–water partition coefficient (Wildman–Crippen LogP) is 1.37. The Morgan fingerprint density at radius 2 is 2.00 bits per heavy atom. The third-order valence-corrected chi connectivity index (χ3v) is 5.57. The summed E-state index contributed by atoms with van der Waals surface area (Å²) < 4.78 is 26.4. The zero-order valence-corrected chi connectivity index (χ0v) is 11.8. The topological polar surface area (TPSA) is 79.0 Å². The maximum Gasteiger partial charge on any atom is 0.244 e. The second-order valence-electron chi connectivity index (χ2n) is 4.88. The molecule has 1 aliphatic rings. The normalized spacial score (nSPS) is 18.2.